The van der Waals surface area contributed by atoms with Gasteiger partial charge in [-0.3, -0.25) is 4.98 Å². The van der Waals surface area contributed by atoms with Crippen molar-refractivity contribution in [3.63, 3.8) is 0 Å². The van der Waals surface area contributed by atoms with Gasteiger partial charge in [-0.2, -0.15) is 5.26 Å². The first kappa shape index (κ1) is 26.4. The van der Waals surface area contributed by atoms with Crippen LogP contribution in [0.4, 0.5) is 5.69 Å². The van der Waals surface area contributed by atoms with Gasteiger partial charge in [-0.1, -0.05) is 38.1 Å². The molecule has 1 unspecified atom stereocenters. The third kappa shape index (κ3) is 6.29. The van der Waals surface area contributed by atoms with Gasteiger partial charge in [-0.25, -0.2) is 4.79 Å². The third-order valence-electron chi connectivity index (χ3n) is 6.52. The standard InChI is InChI=1S/C29H37N3O3/c1-19-23(22-12-10-21(11-13-22)9-8-16-30)25(32-17-14-29(6,7)15-18-32)24(20(2)31-19)26(27(33)34)35-28(3,4)5/h8-13,26H,14-15,17-18H2,1-7H3,(H,33,34)/b9-8+. The molecule has 1 fully saturated rings. The molecule has 1 N–H and O–H groups in total. The third-order valence-corrected chi connectivity index (χ3v) is 6.52. The number of hydrogen-bond donors (Lipinski definition) is 1. The van der Waals surface area contributed by atoms with Crippen LogP contribution in [-0.2, 0) is 9.53 Å². The van der Waals surface area contributed by atoms with Crippen LogP contribution in [0.2, 0.25) is 0 Å². The van der Waals surface area contributed by atoms with E-state index in [-0.39, 0.29) is 5.41 Å². The molecular formula is C29H37N3O3. The summed E-state index contributed by atoms with van der Waals surface area (Å²) in [5.74, 6) is -1.02. The van der Waals surface area contributed by atoms with Crippen molar-refractivity contribution in [3.05, 3.63) is 52.9 Å². The SMILES string of the molecule is Cc1nc(C)c(C(OC(C)(C)C)C(=O)O)c(N2CCC(C)(C)CC2)c1-c1ccc(/C=C/C#N)cc1. The molecule has 1 aliphatic heterocycles. The summed E-state index contributed by atoms with van der Waals surface area (Å²) in [7, 11) is 0. The van der Waals surface area contributed by atoms with Crippen LogP contribution < -0.4 is 4.90 Å². The van der Waals surface area contributed by atoms with E-state index in [4.69, 9.17) is 15.0 Å². The van der Waals surface area contributed by atoms with E-state index in [9.17, 15) is 9.90 Å². The molecule has 0 amide bonds. The second-order valence-electron chi connectivity index (χ2n) is 11.1. The van der Waals surface area contributed by atoms with Crippen LogP contribution in [0.5, 0.6) is 0 Å². The molecule has 6 nitrogen and oxygen atoms in total. The number of ether oxygens (including phenoxy) is 1. The molecule has 0 aliphatic carbocycles. The Labute approximate surface area is 209 Å². The van der Waals surface area contributed by atoms with Crippen LogP contribution in [0.3, 0.4) is 0 Å². The second-order valence-corrected chi connectivity index (χ2v) is 11.1. The van der Waals surface area contributed by atoms with Gasteiger partial charge < -0.3 is 14.7 Å². The zero-order chi connectivity index (χ0) is 26.0. The molecule has 0 bridgehead atoms. The summed E-state index contributed by atoms with van der Waals surface area (Å²) >= 11 is 0. The summed E-state index contributed by atoms with van der Waals surface area (Å²) < 4.78 is 6.13. The number of carboxylic acid groups (broad SMARTS) is 1. The van der Waals surface area contributed by atoms with Gasteiger partial charge in [0.15, 0.2) is 6.10 Å². The van der Waals surface area contributed by atoms with E-state index < -0.39 is 17.7 Å². The number of anilines is 1. The number of benzene rings is 1. The van der Waals surface area contributed by atoms with Crippen LogP contribution in [0.25, 0.3) is 17.2 Å². The number of pyridine rings is 1. The van der Waals surface area contributed by atoms with E-state index in [1.54, 1.807) is 6.08 Å². The lowest BCUT2D eigenvalue weighted by atomic mass is 9.81. The van der Waals surface area contributed by atoms with E-state index in [1.807, 2.05) is 65.0 Å². The molecular weight excluding hydrogens is 438 g/mol. The minimum Gasteiger partial charge on any atom is -0.479 e. The highest BCUT2D eigenvalue weighted by Gasteiger charge is 2.36. The lowest BCUT2D eigenvalue weighted by molar-refractivity contribution is -0.160. The van der Waals surface area contributed by atoms with Crippen LogP contribution in [0.15, 0.2) is 30.3 Å². The highest BCUT2D eigenvalue weighted by atomic mass is 16.5. The van der Waals surface area contributed by atoms with Gasteiger partial charge in [0.25, 0.3) is 0 Å². The lowest BCUT2D eigenvalue weighted by Crippen LogP contribution is -2.39. The number of carbonyl (C=O) groups is 1. The fraction of sp³-hybridized carbons (Fsp3) is 0.483. The van der Waals surface area contributed by atoms with E-state index >= 15 is 0 Å². The molecule has 186 valence electrons. The Kier molecular flexibility index (Phi) is 7.71. The predicted molar refractivity (Wildman–Crippen MR) is 140 cm³/mol. The maximum Gasteiger partial charge on any atom is 0.337 e. The van der Waals surface area contributed by atoms with Gasteiger partial charge in [0, 0.05) is 41.7 Å². The number of nitriles is 1. The van der Waals surface area contributed by atoms with Crippen molar-refractivity contribution in [3.8, 4) is 17.2 Å². The highest BCUT2D eigenvalue weighted by molar-refractivity contribution is 5.88. The highest BCUT2D eigenvalue weighted by Crippen LogP contribution is 2.44. The Balaban J connectivity index is 2.26. The van der Waals surface area contributed by atoms with Gasteiger partial charge in [0.1, 0.15) is 0 Å². The molecule has 1 atom stereocenters. The van der Waals surface area contributed by atoms with Crippen LogP contribution >= 0.6 is 0 Å². The molecule has 2 aromatic rings. The molecule has 6 heteroatoms. The first-order chi connectivity index (χ1) is 16.3. The Bertz CT molecular complexity index is 1140. The average Bonchev–Trinajstić information content (AvgIpc) is 2.76. The van der Waals surface area contributed by atoms with Crippen molar-refractivity contribution in [2.45, 2.75) is 73.0 Å². The van der Waals surface area contributed by atoms with Crippen molar-refractivity contribution in [1.29, 1.82) is 5.26 Å². The molecule has 1 aliphatic rings. The summed E-state index contributed by atoms with van der Waals surface area (Å²) in [6.07, 6.45) is 4.11. The smallest absolute Gasteiger partial charge is 0.337 e. The van der Waals surface area contributed by atoms with Gasteiger partial charge in [-0.05, 0) is 70.1 Å². The van der Waals surface area contributed by atoms with Gasteiger partial charge in [0.05, 0.1) is 17.4 Å². The monoisotopic (exact) mass is 475 g/mol. The van der Waals surface area contributed by atoms with E-state index in [0.717, 1.165) is 54.0 Å². The quantitative estimate of drug-likeness (QED) is 0.482. The molecule has 1 aromatic carbocycles. The van der Waals surface area contributed by atoms with Crippen molar-refractivity contribution in [1.82, 2.24) is 4.98 Å². The molecule has 0 spiro atoms. The minimum atomic E-state index is -1.13. The molecule has 2 heterocycles. The summed E-state index contributed by atoms with van der Waals surface area (Å²) in [5, 5.41) is 19.1. The fourth-order valence-corrected chi connectivity index (χ4v) is 4.65. The van der Waals surface area contributed by atoms with Crippen LogP contribution in [0.1, 0.15) is 76.1 Å². The van der Waals surface area contributed by atoms with Gasteiger partial charge >= 0.3 is 5.97 Å². The molecule has 0 saturated carbocycles. The average molecular weight is 476 g/mol. The van der Waals surface area contributed by atoms with Crippen LogP contribution in [-0.4, -0.2) is 34.8 Å². The maximum absolute atomic E-state index is 12.5. The summed E-state index contributed by atoms with van der Waals surface area (Å²) in [6.45, 7) is 15.7. The first-order valence-corrected chi connectivity index (χ1v) is 12.2. The Morgan fingerprint density at radius 2 is 1.77 bits per heavy atom. The van der Waals surface area contributed by atoms with Gasteiger partial charge in [0.2, 0.25) is 0 Å². The second kappa shape index (κ2) is 10.2. The van der Waals surface area contributed by atoms with Gasteiger partial charge in [-0.15, -0.1) is 0 Å². The Morgan fingerprint density at radius 3 is 2.29 bits per heavy atom. The van der Waals surface area contributed by atoms with Crippen molar-refractivity contribution in [2.75, 3.05) is 18.0 Å². The molecule has 35 heavy (non-hydrogen) atoms. The largest absolute Gasteiger partial charge is 0.479 e. The number of aromatic nitrogens is 1. The summed E-state index contributed by atoms with van der Waals surface area (Å²) in [6, 6.07) is 9.97. The number of nitrogens with zero attached hydrogens (tertiary/aromatic N) is 3. The van der Waals surface area contributed by atoms with Crippen molar-refractivity contribution < 1.29 is 14.6 Å². The zero-order valence-corrected chi connectivity index (χ0v) is 22.0. The fourth-order valence-electron chi connectivity index (χ4n) is 4.65. The number of aliphatic carboxylic acids is 1. The van der Waals surface area contributed by atoms with Crippen molar-refractivity contribution in [2.24, 2.45) is 5.41 Å². The maximum atomic E-state index is 12.5. The van der Waals surface area contributed by atoms with Crippen molar-refractivity contribution >= 4 is 17.7 Å². The Hall–Kier alpha value is -3.17. The molecule has 1 aromatic heterocycles. The number of piperidine rings is 1. The number of aryl methyl sites for hydroxylation is 2. The normalized spacial score (nSPS) is 16.8. The summed E-state index contributed by atoms with van der Waals surface area (Å²) in [4.78, 5) is 19.7. The number of hydrogen-bond acceptors (Lipinski definition) is 5. The number of carboxylic acids is 1. The molecule has 1 saturated heterocycles. The lowest BCUT2D eigenvalue weighted by Gasteiger charge is -2.41. The first-order valence-electron chi connectivity index (χ1n) is 12.2. The topological polar surface area (TPSA) is 86.5 Å². The van der Waals surface area contributed by atoms with E-state index in [1.165, 1.54) is 6.08 Å². The minimum absolute atomic E-state index is 0.247. The molecule has 3 rings (SSSR count). The van der Waals surface area contributed by atoms with Crippen LogP contribution in [0, 0.1) is 30.6 Å². The van der Waals surface area contributed by atoms with E-state index in [0.29, 0.717) is 11.3 Å². The van der Waals surface area contributed by atoms with E-state index in [2.05, 4.69) is 18.7 Å². The zero-order valence-electron chi connectivity index (χ0n) is 22.0. The number of rotatable bonds is 6. The summed E-state index contributed by atoms with van der Waals surface area (Å²) in [5.41, 5.74) is 5.49. The Morgan fingerprint density at radius 1 is 1.17 bits per heavy atom. The molecule has 0 radical (unpaired) electrons. The predicted octanol–water partition coefficient (Wildman–Crippen LogP) is 6.47. The number of allylic oxidation sites excluding steroid dienone is 1.